The first-order valence-corrected chi connectivity index (χ1v) is 8.35. The number of carbonyl (C=O) groups is 1. The molecule has 1 aliphatic heterocycles. The molecule has 1 aliphatic rings. The monoisotopic (exact) mass is 364 g/mol. The first-order chi connectivity index (χ1) is 12.1. The molecule has 2 aromatic rings. The summed E-state index contributed by atoms with van der Waals surface area (Å²) in [5, 5.41) is 0.0130. The molecule has 1 heterocycles. The number of hydrogen-bond acceptors (Lipinski definition) is 4. The number of benzene rings is 2. The van der Waals surface area contributed by atoms with Crippen LogP contribution in [0.3, 0.4) is 0 Å². The van der Waals surface area contributed by atoms with Gasteiger partial charge in [-0.2, -0.15) is 0 Å². The van der Waals surface area contributed by atoms with E-state index in [1.54, 1.807) is 37.4 Å². The zero-order valence-electron chi connectivity index (χ0n) is 13.7. The Bertz CT molecular complexity index is 737. The molecule has 1 fully saturated rings. The highest BCUT2D eigenvalue weighted by Gasteiger charge is 2.35. The van der Waals surface area contributed by atoms with E-state index in [2.05, 4.69) is 0 Å². The van der Waals surface area contributed by atoms with Crippen LogP contribution in [0.2, 0.25) is 5.02 Å². The maximum absolute atomic E-state index is 13.9. The number of halogens is 2. The summed E-state index contributed by atoms with van der Waals surface area (Å²) in [6, 6.07) is 13.0. The van der Waals surface area contributed by atoms with Gasteiger partial charge >= 0.3 is 5.97 Å². The normalized spacial score (nSPS) is 21.1. The van der Waals surface area contributed by atoms with E-state index in [1.807, 2.05) is 6.07 Å². The van der Waals surface area contributed by atoms with E-state index < -0.39 is 24.0 Å². The second-order valence-electron chi connectivity index (χ2n) is 5.78. The molecule has 1 saturated heterocycles. The van der Waals surface area contributed by atoms with Gasteiger partial charge in [0.1, 0.15) is 11.9 Å². The van der Waals surface area contributed by atoms with E-state index in [-0.39, 0.29) is 11.3 Å². The van der Waals surface area contributed by atoms with Crippen molar-refractivity contribution >= 4 is 17.6 Å². The summed E-state index contributed by atoms with van der Waals surface area (Å²) < 4.78 is 30.5. The molecule has 0 N–H and O–H groups in total. The van der Waals surface area contributed by atoms with Gasteiger partial charge in [0.2, 0.25) is 0 Å². The van der Waals surface area contributed by atoms with Crippen molar-refractivity contribution in [2.75, 3.05) is 7.11 Å². The SMILES string of the molecule is COC1CCC(C(OC(=O)c2ccccc2)c2ccc(Cl)c(F)c2)O1. The number of carbonyl (C=O) groups excluding carboxylic acids is 1. The second kappa shape index (κ2) is 7.95. The average molecular weight is 365 g/mol. The maximum Gasteiger partial charge on any atom is 0.338 e. The lowest BCUT2D eigenvalue weighted by Crippen LogP contribution is -2.25. The number of ether oxygens (including phenoxy) is 3. The quantitative estimate of drug-likeness (QED) is 0.731. The van der Waals surface area contributed by atoms with Crippen LogP contribution in [0.4, 0.5) is 4.39 Å². The summed E-state index contributed by atoms with van der Waals surface area (Å²) >= 11 is 5.76. The topological polar surface area (TPSA) is 44.8 Å². The Hall–Kier alpha value is -1.95. The van der Waals surface area contributed by atoms with Crippen molar-refractivity contribution in [2.45, 2.75) is 31.3 Å². The van der Waals surface area contributed by atoms with E-state index >= 15 is 0 Å². The van der Waals surface area contributed by atoms with Crippen LogP contribution < -0.4 is 0 Å². The lowest BCUT2D eigenvalue weighted by atomic mass is 10.0. The first-order valence-electron chi connectivity index (χ1n) is 7.97. The summed E-state index contributed by atoms with van der Waals surface area (Å²) in [7, 11) is 1.56. The number of hydrogen-bond donors (Lipinski definition) is 0. The van der Waals surface area contributed by atoms with Gasteiger partial charge < -0.3 is 14.2 Å². The van der Waals surface area contributed by atoms with Gasteiger partial charge in [0.25, 0.3) is 0 Å². The van der Waals surface area contributed by atoms with Gasteiger partial charge in [-0.3, -0.25) is 0 Å². The van der Waals surface area contributed by atoms with Crippen molar-refractivity contribution in [3.05, 3.63) is 70.5 Å². The van der Waals surface area contributed by atoms with E-state index in [9.17, 15) is 9.18 Å². The molecule has 0 saturated carbocycles. The molecular weight excluding hydrogens is 347 g/mol. The summed E-state index contributed by atoms with van der Waals surface area (Å²) in [5.41, 5.74) is 0.913. The van der Waals surface area contributed by atoms with Crippen LogP contribution in [0, 0.1) is 5.82 Å². The van der Waals surface area contributed by atoms with Crippen molar-refractivity contribution in [1.82, 2.24) is 0 Å². The first kappa shape index (κ1) is 17.9. The van der Waals surface area contributed by atoms with E-state index in [4.69, 9.17) is 25.8 Å². The highest BCUT2D eigenvalue weighted by molar-refractivity contribution is 6.30. The Kier molecular flexibility index (Phi) is 5.68. The molecular formula is C19H18ClFO4. The van der Waals surface area contributed by atoms with Crippen molar-refractivity contribution in [3.63, 3.8) is 0 Å². The highest BCUT2D eigenvalue weighted by Crippen LogP contribution is 2.35. The standard InChI is InChI=1S/C19H18ClFO4/c1-23-17-10-9-16(24-17)18(13-7-8-14(20)15(21)11-13)25-19(22)12-5-3-2-4-6-12/h2-8,11,16-18H,9-10H2,1H3. The minimum absolute atomic E-state index is 0.0130. The summed E-state index contributed by atoms with van der Waals surface area (Å²) in [5.74, 6) is -1.06. The minimum atomic E-state index is -0.750. The smallest absolute Gasteiger partial charge is 0.338 e. The number of rotatable bonds is 5. The fourth-order valence-electron chi connectivity index (χ4n) is 2.83. The molecule has 3 rings (SSSR count). The molecule has 3 unspecified atom stereocenters. The second-order valence-corrected chi connectivity index (χ2v) is 6.19. The van der Waals surface area contributed by atoms with Crippen LogP contribution in [0.1, 0.15) is 34.9 Å². The number of methoxy groups -OCH3 is 1. The minimum Gasteiger partial charge on any atom is -0.451 e. The van der Waals surface area contributed by atoms with E-state index in [0.717, 1.165) is 0 Å². The van der Waals surface area contributed by atoms with Gasteiger partial charge in [-0.25, -0.2) is 9.18 Å². The van der Waals surface area contributed by atoms with Gasteiger partial charge in [-0.05, 0) is 36.2 Å². The van der Waals surface area contributed by atoms with Crippen molar-refractivity contribution in [1.29, 1.82) is 0 Å². The van der Waals surface area contributed by atoms with Crippen LogP contribution in [0.15, 0.2) is 48.5 Å². The van der Waals surface area contributed by atoms with Crippen molar-refractivity contribution < 1.29 is 23.4 Å². The molecule has 0 spiro atoms. The van der Waals surface area contributed by atoms with Crippen LogP contribution in [-0.2, 0) is 14.2 Å². The molecule has 25 heavy (non-hydrogen) atoms. The van der Waals surface area contributed by atoms with Crippen molar-refractivity contribution in [2.24, 2.45) is 0 Å². The molecule has 4 nitrogen and oxygen atoms in total. The van der Waals surface area contributed by atoms with E-state index in [0.29, 0.717) is 24.0 Å². The molecule has 0 bridgehead atoms. The van der Waals surface area contributed by atoms with Gasteiger partial charge in [-0.15, -0.1) is 0 Å². The lowest BCUT2D eigenvalue weighted by Gasteiger charge is -2.24. The van der Waals surface area contributed by atoms with Crippen molar-refractivity contribution in [3.8, 4) is 0 Å². The Morgan fingerprint density at radius 3 is 2.64 bits per heavy atom. The van der Waals surface area contributed by atoms with Crippen LogP contribution in [0.5, 0.6) is 0 Å². The van der Waals surface area contributed by atoms with Crippen LogP contribution >= 0.6 is 11.6 Å². The zero-order valence-corrected chi connectivity index (χ0v) is 14.4. The van der Waals surface area contributed by atoms with Gasteiger partial charge in [0.05, 0.1) is 10.6 Å². The van der Waals surface area contributed by atoms with E-state index in [1.165, 1.54) is 12.1 Å². The number of esters is 1. The highest BCUT2D eigenvalue weighted by atomic mass is 35.5. The molecule has 132 valence electrons. The van der Waals surface area contributed by atoms with Gasteiger partial charge in [0, 0.05) is 13.5 Å². The Morgan fingerprint density at radius 2 is 2.00 bits per heavy atom. The Labute approximate surface area is 150 Å². The van der Waals surface area contributed by atoms with Crippen LogP contribution in [0.25, 0.3) is 0 Å². The average Bonchev–Trinajstić information content (AvgIpc) is 3.11. The molecule has 2 aromatic carbocycles. The van der Waals surface area contributed by atoms with Gasteiger partial charge in [-0.1, -0.05) is 35.9 Å². The fraction of sp³-hybridized carbons (Fsp3) is 0.316. The third kappa shape index (κ3) is 4.18. The summed E-state index contributed by atoms with van der Waals surface area (Å²) in [6.07, 6.45) is -0.218. The Balaban J connectivity index is 1.86. The summed E-state index contributed by atoms with van der Waals surface area (Å²) in [6.45, 7) is 0. The van der Waals surface area contributed by atoms with Gasteiger partial charge in [0.15, 0.2) is 12.4 Å². The molecule has 0 aliphatic carbocycles. The lowest BCUT2D eigenvalue weighted by molar-refractivity contribution is -0.141. The third-order valence-corrected chi connectivity index (χ3v) is 4.44. The molecule has 0 radical (unpaired) electrons. The molecule has 0 aromatic heterocycles. The molecule has 3 atom stereocenters. The zero-order chi connectivity index (χ0) is 17.8. The largest absolute Gasteiger partial charge is 0.451 e. The predicted molar refractivity (Wildman–Crippen MR) is 90.9 cm³/mol. The predicted octanol–water partition coefficient (Wildman–Crippen LogP) is 4.53. The summed E-state index contributed by atoms with van der Waals surface area (Å²) in [4.78, 5) is 12.5. The maximum atomic E-state index is 13.9. The third-order valence-electron chi connectivity index (χ3n) is 4.13. The van der Waals surface area contributed by atoms with Crippen LogP contribution in [-0.4, -0.2) is 25.5 Å². The Morgan fingerprint density at radius 1 is 1.24 bits per heavy atom. The molecule has 6 heteroatoms. The fourth-order valence-corrected chi connectivity index (χ4v) is 2.95. The molecule has 0 amide bonds.